The maximum Gasteiger partial charge on any atom is 0.255 e. The van der Waals surface area contributed by atoms with Crippen LogP contribution in [0.15, 0.2) is 6.07 Å². The van der Waals surface area contributed by atoms with E-state index in [0.717, 1.165) is 5.69 Å². The highest BCUT2D eigenvalue weighted by atomic mass is 35.5. The minimum atomic E-state index is -0.0625. The molecule has 0 aliphatic rings. The zero-order chi connectivity index (χ0) is 14.3. The first kappa shape index (κ1) is 15.9. The maximum atomic E-state index is 12.5. The summed E-state index contributed by atoms with van der Waals surface area (Å²) >= 11 is 5.75. The van der Waals surface area contributed by atoms with Gasteiger partial charge in [-0.25, -0.2) is 0 Å². The van der Waals surface area contributed by atoms with E-state index in [0.29, 0.717) is 43.3 Å². The van der Waals surface area contributed by atoms with Gasteiger partial charge in [-0.3, -0.25) is 4.79 Å². The smallest absolute Gasteiger partial charge is 0.255 e. The van der Waals surface area contributed by atoms with E-state index in [9.17, 15) is 4.79 Å². The van der Waals surface area contributed by atoms with Gasteiger partial charge in [0.1, 0.15) is 0 Å². The average Bonchev–Trinajstić information content (AvgIpc) is 2.42. The van der Waals surface area contributed by atoms with Crippen molar-refractivity contribution in [3.63, 3.8) is 0 Å². The summed E-state index contributed by atoms with van der Waals surface area (Å²) in [6.45, 7) is 5.28. The fraction of sp³-hybridized carbons (Fsp3) is 0.615. The van der Waals surface area contributed by atoms with E-state index in [-0.39, 0.29) is 5.91 Å². The van der Waals surface area contributed by atoms with E-state index in [1.165, 1.54) is 0 Å². The number of ether oxygens (including phenoxy) is 1. The lowest BCUT2D eigenvalue weighted by molar-refractivity contribution is 0.0706. The molecule has 0 aromatic carbocycles. The van der Waals surface area contributed by atoms with Crippen LogP contribution in [0, 0.1) is 6.92 Å². The van der Waals surface area contributed by atoms with Crippen LogP contribution in [0.5, 0.6) is 0 Å². The van der Waals surface area contributed by atoms with Crippen molar-refractivity contribution in [3.8, 4) is 0 Å². The number of hydrogen-bond donors (Lipinski definition) is 0. The van der Waals surface area contributed by atoms with Gasteiger partial charge < -0.3 is 9.64 Å². The first-order valence-electron chi connectivity index (χ1n) is 6.31. The Morgan fingerprint density at radius 3 is 2.74 bits per heavy atom. The SMILES string of the molecule is CCc1nnc(C)cc1C(=O)N(CCCl)CCOC. The summed E-state index contributed by atoms with van der Waals surface area (Å²) in [6, 6.07) is 1.78. The predicted molar refractivity (Wildman–Crippen MR) is 74.6 cm³/mol. The van der Waals surface area contributed by atoms with Gasteiger partial charge in [0.15, 0.2) is 0 Å². The molecule has 1 aromatic rings. The summed E-state index contributed by atoms with van der Waals surface area (Å²) in [5.41, 5.74) is 2.06. The molecule has 106 valence electrons. The fourth-order valence-corrected chi connectivity index (χ4v) is 1.95. The number of hydrogen-bond acceptors (Lipinski definition) is 4. The van der Waals surface area contributed by atoms with Crippen LogP contribution in [-0.2, 0) is 11.2 Å². The summed E-state index contributed by atoms with van der Waals surface area (Å²) < 4.78 is 5.02. The molecule has 0 bridgehead atoms. The monoisotopic (exact) mass is 285 g/mol. The highest BCUT2D eigenvalue weighted by Gasteiger charge is 2.19. The number of carbonyl (C=O) groups excluding carboxylic acids is 1. The quantitative estimate of drug-likeness (QED) is 0.715. The first-order valence-corrected chi connectivity index (χ1v) is 6.84. The first-order chi connectivity index (χ1) is 9.13. The van der Waals surface area contributed by atoms with Crippen molar-refractivity contribution >= 4 is 17.5 Å². The number of rotatable bonds is 7. The van der Waals surface area contributed by atoms with Gasteiger partial charge in [-0.2, -0.15) is 10.2 Å². The lowest BCUT2D eigenvalue weighted by Crippen LogP contribution is -2.36. The van der Waals surface area contributed by atoms with E-state index in [2.05, 4.69) is 10.2 Å². The minimum Gasteiger partial charge on any atom is -0.383 e. The second kappa shape index (κ2) is 8.07. The van der Waals surface area contributed by atoms with Crippen molar-refractivity contribution in [2.45, 2.75) is 20.3 Å². The maximum absolute atomic E-state index is 12.5. The van der Waals surface area contributed by atoms with Crippen molar-refractivity contribution in [1.82, 2.24) is 15.1 Å². The molecule has 0 aliphatic heterocycles. The summed E-state index contributed by atoms with van der Waals surface area (Å²) in [4.78, 5) is 14.2. The van der Waals surface area contributed by atoms with Gasteiger partial charge >= 0.3 is 0 Å². The molecule has 0 atom stereocenters. The zero-order valence-electron chi connectivity index (χ0n) is 11.6. The molecule has 0 saturated heterocycles. The van der Waals surface area contributed by atoms with E-state index in [1.54, 1.807) is 18.1 Å². The molecule has 0 N–H and O–H groups in total. The van der Waals surface area contributed by atoms with Crippen molar-refractivity contribution < 1.29 is 9.53 Å². The lowest BCUT2D eigenvalue weighted by Gasteiger charge is -2.22. The summed E-state index contributed by atoms with van der Waals surface area (Å²) in [5.74, 6) is 0.335. The van der Waals surface area contributed by atoms with Gasteiger partial charge in [-0.15, -0.1) is 11.6 Å². The second-order valence-corrected chi connectivity index (χ2v) is 4.55. The Bertz CT molecular complexity index is 426. The Kier molecular flexibility index (Phi) is 6.73. The number of aromatic nitrogens is 2. The van der Waals surface area contributed by atoms with Crippen LogP contribution < -0.4 is 0 Å². The molecular formula is C13H20ClN3O2. The molecule has 0 radical (unpaired) electrons. The van der Waals surface area contributed by atoms with E-state index >= 15 is 0 Å². The third-order valence-corrected chi connectivity index (χ3v) is 2.93. The van der Waals surface area contributed by atoms with Gasteiger partial charge in [-0.1, -0.05) is 6.92 Å². The minimum absolute atomic E-state index is 0.0625. The summed E-state index contributed by atoms with van der Waals surface area (Å²) in [7, 11) is 1.61. The molecule has 1 amide bonds. The normalized spacial score (nSPS) is 10.5. The third-order valence-electron chi connectivity index (χ3n) is 2.76. The Morgan fingerprint density at radius 2 is 2.16 bits per heavy atom. The van der Waals surface area contributed by atoms with E-state index < -0.39 is 0 Å². The van der Waals surface area contributed by atoms with Gasteiger partial charge in [0.2, 0.25) is 0 Å². The second-order valence-electron chi connectivity index (χ2n) is 4.17. The third kappa shape index (κ3) is 4.44. The fourth-order valence-electron chi connectivity index (χ4n) is 1.75. The molecule has 0 unspecified atom stereocenters. The Balaban J connectivity index is 2.97. The Labute approximate surface area is 118 Å². The van der Waals surface area contributed by atoms with Crippen LogP contribution in [0.3, 0.4) is 0 Å². The number of alkyl halides is 1. The van der Waals surface area contributed by atoms with E-state index in [4.69, 9.17) is 16.3 Å². The van der Waals surface area contributed by atoms with Crippen molar-refractivity contribution in [3.05, 3.63) is 23.0 Å². The van der Waals surface area contributed by atoms with Gasteiger partial charge in [0.05, 0.1) is 23.6 Å². The van der Waals surface area contributed by atoms with Crippen molar-refractivity contribution in [2.24, 2.45) is 0 Å². The van der Waals surface area contributed by atoms with Crippen LogP contribution in [-0.4, -0.2) is 53.7 Å². The number of halogens is 1. The van der Waals surface area contributed by atoms with Crippen molar-refractivity contribution in [2.75, 3.05) is 32.7 Å². The van der Waals surface area contributed by atoms with E-state index in [1.807, 2.05) is 13.8 Å². The van der Waals surface area contributed by atoms with Crippen LogP contribution in [0.1, 0.15) is 28.7 Å². The number of methoxy groups -OCH3 is 1. The molecule has 6 heteroatoms. The van der Waals surface area contributed by atoms with Crippen LogP contribution >= 0.6 is 11.6 Å². The molecule has 1 aromatic heterocycles. The molecule has 0 aliphatic carbocycles. The van der Waals surface area contributed by atoms with Gasteiger partial charge in [-0.05, 0) is 19.4 Å². The highest BCUT2D eigenvalue weighted by molar-refractivity contribution is 6.18. The van der Waals surface area contributed by atoms with Crippen molar-refractivity contribution in [1.29, 1.82) is 0 Å². The number of carbonyl (C=O) groups is 1. The summed E-state index contributed by atoms with van der Waals surface area (Å²) in [6.07, 6.45) is 0.674. The Morgan fingerprint density at radius 1 is 1.42 bits per heavy atom. The lowest BCUT2D eigenvalue weighted by atomic mass is 10.1. The molecule has 1 rings (SSSR count). The highest BCUT2D eigenvalue weighted by Crippen LogP contribution is 2.11. The number of aryl methyl sites for hydroxylation is 2. The molecular weight excluding hydrogens is 266 g/mol. The van der Waals surface area contributed by atoms with Gasteiger partial charge in [0, 0.05) is 26.1 Å². The molecule has 0 spiro atoms. The molecule has 5 nitrogen and oxygen atoms in total. The standard InChI is InChI=1S/C13H20ClN3O2/c1-4-12-11(9-10(2)15-16-12)13(18)17(6-5-14)7-8-19-3/h9H,4-8H2,1-3H3. The largest absolute Gasteiger partial charge is 0.383 e. The summed E-state index contributed by atoms with van der Waals surface area (Å²) in [5, 5.41) is 8.07. The van der Waals surface area contributed by atoms with Crippen LogP contribution in [0.4, 0.5) is 0 Å². The molecule has 0 saturated carbocycles. The molecule has 1 heterocycles. The number of nitrogens with zero attached hydrogens (tertiary/aromatic N) is 3. The van der Waals surface area contributed by atoms with Gasteiger partial charge in [0.25, 0.3) is 5.91 Å². The predicted octanol–water partition coefficient (Wildman–Crippen LogP) is 1.67. The zero-order valence-corrected chi connectivity index (χ0v) is 12.4. The topological polar surface area (TPSA) is 55.3 Å². The molecule has 0 fully saturated rings. The Hall–Kier alpha value is -1.20. The number of amides is 1. The van der Waals surface area contributed by atoms with Crippen LogP contribution in [0.25, 0.3) is 0 Å². The molecule has 19 heavy (non-hydrogen) atoms. The average molecular weight is 286 g/mol. The van der Waals surface area contributed by atoms with Crippen LogP contribution in [0.2, 0.25) is 0 Å².